The summed E-state index contributed by atoms with van der Waals surface area (Å²) in [6.45, 7) is 4.13. The maximum absolute atomic E-state index is 14.0. The van der Waals surface area contributed by atoms with Gasteiger partial charge in [-0.2, -0.15) is 0 Å². The highest BCUT2D eigenvalue weighted by Crippen LogP contribution is 2.34. The lowest BCUT2D eigenvalue weighted by Crippen LogP contribution is -2.00. The summed E-state index contributed by atoms with van der Waals surface area (Å²) >= 11 is 5.88. The van der Waals surface area contributed by atoms with Crippen LogP contribution in [0.25, 0.3) is 11.1 Å². The summed E-state index contributed by atoms with van der Waals surface area (Å²) < 4.78 is 45.9. The van der Waals surface area contributed by atoms with Gasteiger partial charge in [-0.15, -0.1) is 11.6 Å². The van der Waals surface area contributed by atoms with Crippen molar-refractivity contribution in [1.29, 1.82) is 0 Å². The minimum absolute atomic E-state index is 0.0179. The van der Waals surface area contributed by atoms with Gasteiger partial charge in [-0.3, -0.25) is 0 Å². The SMILES string of the molecule is CCOc1cc(CCl)c(-c2ccc(F)c(F)c2F)cc1C. The van der Waals surface area contributed by atoms with Gasteiger partial charge < -0.3 is 4.74 Å². The zero-order valence-electron chi connectivity index (χ0n) is 11.6. The zero-order valence-corrected chi connectivity index (χ0v) is 12.4. The van der Waals surface area contributed by atoms with E-state index in [2.05, 4.69) is 0 Å². The summed E-state index contributed by atoms with van der Waals surface area (Å²) in [5.74, 6) is -3.18. The van der Waals surface area contributed by atoms with Crippen LogP contribution in [0.4, 0.5) is 13.2 Å². The van der Waals surface area contributed by atoms with Gasteiger partial charge in [-0.1, -0.05) is 0 Å². The molecule has 0 spiro atoms. The maximum Gasteiger partial charge on any atom is 0.195 e. The van der Waals surface area contributed by atoms with Crippen molar-refractivity contribution in [2.75, 3.05) is 6.61 Å². The quantitative estimate of drug-likeness (QED) is 0.555. The fourth-order valence-electron chi connectivity index (χ4n) is 2.14. The first-order valence-corrected chi connectivity index (χ1v) is 6.99. The van der Waals surface area contributed by atoms with Crippen molar-refractivity contribution < 1.29 is 17.9 Å². The molecule has 0 fully saturated rings. The normalized spacial score (nSPS) is 10.8. The molecule has 0 aromatic heterocycles. The predicted molar refractivity (Wildman–Crippen MR) is 77.2 cm³/mol. The van der Waals surface area contributed by atoms with Crippen LogP contribution >= 0.6 is 11.6 Å². The number of aryl methyl sites for hydroxylation is 1. The number of rotatable bonds is 4. The molecule has 112 valence electrons. The zero-order chi connectivity index (χ0) is 15.6. The van der Waals surface area contributed by atoms with Crippen LogP contribution in [0.5, 0.6) is 5.75 Å². The minimum atomic E-state index is -1.49. The predicted octanol–water partition coefficient (Wildman–Crippen LogP) is 5.22. The molecule has 2 rings (SSSR count). The molecule has 0 saturated carbocycles. The molecule has 0 unspecified atom stereocenters. The van der Waals surface area contributed by atoms with Crippen molar-refractivity contribution in [1.82, 2.24) is 0 Å². The van der Waals surface area contributed by atoms with Crippen molar-refractivity contribution in [2.24, 2.45) is 0 Å². The molecule has 0 heterocycles. The number of ether oxygens (including phenoxy) is 1. The third-order valence-corrected chi connectivity index (χ3v) is 3.46. The fourth-order valence-corrected chi connectivity index (χ4v) is 2.36. The monoisotopic (exact) mass is 314 g/mol. The largest absolute Gasteiger partial charge is 0.494 e. The molecular formula is C16H14ClF3O. The Morgan fingerprint density at radius 2 is 1.76 bits per heavy atom. The van der Waals surface area contributed by atoms with Crippen molar-refractivity contribution in [3.05, 3.63) is 52.8 Å². The molecule has 0 atom stereocenters. The van der Waals surface area contributed by atoms with Crippen molar-refractivity contribution >= 4 is 11.6 Å². The van der Waals surface area contributed by atoms with E-state index in [9.17, 15) is 13.2 Å². The molecule has 0 bridgehead atoms. The summed E-state index contributed by atoms with van der Waals surface area (Å²) in [7, 11) is 0. The molecule has 2 aromatic rings. The van der Waals surface area contributed by atoms with Crippen LogP contribution in [-0.4, -0.2) is 6.61 Å². The standard InChI is InChI=1S/C16H14ClF3O/c1-3-21-14-7-10(8-17)12(6-9(14)2)11-4-5-13(18)16(20)15(11)19/h4-7H,3,8H2,1-2H3. The Bertz CT molecular complexity index is 671. The number of benzene rings is 2. The maximum atomic E-state index is 14.0. The average Bonchev–Trinajstić information content (AvgIpc) is 2.47. The second kappa shape index (κ2) is 6.39. The van der Waals surface area contributed by atoms with Gasteiger partial charge in [0.2, 0.25) is 0 Å². The first-order valence-electron chi connectivity index (χ1n) is 6.45. The molecule has 1 nitrogen and oxygen atoms in total. The lowest BCUT2D eigenvalue weighted by Gasteiger charge is -2.14. The molecule has 5 heteroatoms. The van der Waals surface area contributed by atoms with E-state index in [-0.39, 0.29) is 11.4 Å². The molecule has 2 aromatic carbocycles. The van der Waals surface area contributed by atoms with Crippen LogP contribution in [0.15, 0.2) is 24.3 Å². The average molecular weight is 315 g/mol. The highest BCUT2D eigenvalue weighted by atomic mass is 35.5. The van der Waals surface area contributed by atoms with Crippen LogP contribution in [0, 0.1) is 24.4 Å². The molecule has 21 heavy (non-hydrogen) atoms. The van der Waals surface area contributed by atoms with E-state index >= 15 is 0 Å². The van der Waals surface area contributed by atoms with Gasteiger partial charge in [-0.25, -0.2) is 13.2 Å². The smallest absolute Gasteiger partial charge is 0.195 e. The van der Waals surface area contributed by atoms with E-state index in [1.165, 1.54) is 6.07 Å². The highest BCUT2D eigenvalue weighted by molar-refractivity contribution is 6.17. The first-order chi connectivity index (χ1) is 9.99. The van der Waals surface area contributed by atoms with Crippen LogP contribution in [0.2, 0.25) is 0 Å². The number of hydrogen-bond acceptors (Lipinski definition) is 1. The first kappa shape index (κ1) is 15.7. The Labute approximate surface area is 126 Å². The van der Waals surface area contributed by atoms with Gasteiger partial charge in [0.15, 0.2) is 17.5 Å². The Hall–Kier alpha value is -1.68. The number of hydrogen-bond donors (Lipinski definition) is 0. The lowest BCUT2D eigenvalue weighted by molar-refractivity contribution is 0.337. The summed E-state index contributed by atoms with van der Waals surface area (Å²) in [6, 6.07) is 5.47. The molecular weight excluding hydrogens is 301 g/mol. The molecule has 0 amide bonds. The van der Waals surface area contributed by atoms with E-state index < -0.39 is 17.5 Å². The van der Waals surface area contributed by atoms with E-state index in [1.807, 2.05) is 6.92 Å². The van der Waals surface area contributed by atoms with Crippen molar-refractivity contribution in [3.8, 4) is 16.9 Å². The Balaban J connectivity index is 2.64. The van der Waals surface area contributed by atoms with E-state index in [0.29, 0.717) is 23.5 Å². The van der Waals surface area contributed by atoms with Crippen LogP contribution < -0.4 is 4.74 Å². The van der Waals surface area contributed by atoms with Gasteiger partial charge in [0.25, 0.3) is 0 Å². The fraction of sp³-hybridized carbons (Fsp3) is 0.250. The third-order valence-electron chi connectivity index (χ3n) is 3.17. The third kappa shape index (κ3) is 3.00. The van der Waals surface area contributed by atoms with Crippen LogP contribution in [0.1, 0.15) is 18.1 Å². The molecule has 0 aliphatic heterocycles. The number of halogens is 4. The topological polar surface area (TPSA) is 9.23 Å². The summed E-state index contributed by atoms with van der Waals surface area (Å²) in [6.07, 6.45) is 0. The summed E-state index contributed by atoms with van der Waals surface area (Å²) in [4.78, 5) is 0. The Kier molecular flexibility index (Phi) is 4.78. The molecule has 0 saturated heterocycles. The van der Waals surface area contributed by atoms with Crippen molar-refractivity contribution in [2.45, 2.75) is 19.7 Å². The highest BCUT2D eigenvalue weighted by Gasteiger charge is 2.18. The van der Waals surface area contributed by atoms with E-state index in [1.54, 1.807) is 19.1 Å². The molecule has 0 N–H and O–H groups in total. The van der Waals surface area contributed by atoms with Gasteiger partial charge in [0.1, 0.15) is 5.75 Å². The summed E-state index contributed by atoms with van der Waals surface area (Å²) in [5, 5.41) is 0. The Morgan fingerprint density at radius 1 is 1.05 bits per heavy atom. The van der Waals surface area contributed by atoms with Gasteiger partial charge in [-0.05, 0) is 54.8 Å². The summed E-state index contributed by atoms with van der Waals surface area (Å²) in [5.41, 5.74) is 1.78. The van der Waals surface area contributed by atoms with Crippen molar-refractivity contribution in [3.63, 3.8) is 0 Å². The second-order valence-corrected chi connectivity index (χ2v) is 4.83. The minimum Gasteiger partial charge on any atom is -0.494 e. The van der Waals surface area contributed by atoms with E-state index in [0.717, 1.165) is 11.6 Å². The van der Waals surface area contributed by atoms with Crippen LogP contribution in [-0.2, 0) is 5.88 Å². The van der Waals surface area contributed by atoms with Gasteiger partial charge in [0, 0.05) is 11.4 Å². The lowest BCUT2D eigenvalue weighted by atomic mass is 9.97. The Morgan fingerprint density at radius 3 is 2.38 bits per heavy atom. The second-order valence-electron chi connectivity index (χ2n) is 4.56. The van der Waals surface area contributed by atoms with Gasteiger partial charge in [0.05, 0.1) is 6.61 Å². The number of alkyl halides is 1. The molecule has 0 aliphatic rings. The molecule has 0 radical (unpaired) electrons. The van der Waals surface area contributed by atoms with E-state index in [4.69, 9.17) is 16.3 Å². The van der Waals surface area contributed by atoms with Gasteiger partial charge >= 0.3 is 0 Å². The van der Waals surface area contributed by atoms with Crippen LogP contribution in [0.3, 0.4) is 0 Å². The molecule has 0 aliphatic carbocycles.